The fourth-order valence-electron chi connectivity index (χ4n) is 0.675. The minimum Gasteiger partial charge on any atom is -0.459 e. The second-order valence-corrected chi connectivity index (χ2v) is 3.38. The molecule has 2 N–H and O–H groups in total. The maximum absolute atomic E-state index is 11.2. The lowest BCUT2D eigenvalue weighted by atomic mass is 10.4. The van der Waals surface area contributed by atoms with Crippen LogP contribution < -0.4 is 5.73 Å². The average molecular weight is 186 g/mol. The molecule has 0 aromatic carbocycles. The predicted molar refractivity (Wildman–Crippen MR) is 47.1 cm³/mol. The minimum atomic E-state index is -0.398. The monoisotopic (exact) mass is 186 g/mol. The van der Waals surface area contributed by atoms with E-state index in [9.17, 15) is 4.79 Å². The molecule has 0 radical (unpaired) electrons. The molecule has 4 nitrogen and oxygen atoms in total. The molecule has 0 atom stereocenters. The fraction of sp³-hybridized carbons (Fsp3) is 0.429. The summed E-state index contributed by atoms with van der Waals surface area (Å²) in [4.78, 5) is 15.3. The lowest BCUT2D eigenvalue weighted by Gasteiger charge is -2.05. The normalized spacial score (nSPS) is 10.2. The molecule has 0 saturated carbocycles. The number of rotatable bonds is 2. The van der Waals surface area contributed by atoms with Crippen LogP contribution in [-0.2, 0) is 4.74 Å². The van der Waals surface area contributed by atoms with Crippen LogP contribution in [0.3, 0.4) is 0 Å². The van der Waals surface area contributed by atoms with Crippen molar-refractivity contribution >= 4 is 23.1 Å². The van der Waals surface area contributed by atoms with E-state index in [1.807, 2.05) is 0 Å². The summed E-state index contributed by atoms with van der Waals surface area (Å²) in [5.41, 5.74) is 6.94. The van der Waals surface area contributed by atoms with Crippen molar-refractivity contribution in [3.63, 3.8) is 0 Å². The van der Waals surface area contributed by atoms with Crippen molar-refractivity contribution in [2.75, 3.05) is 5.73 Å². The van der Waals surface area contributed by atoms with Crippen molar-refractivity contribution in [1.29, 1.82) is 0 Å². The Balaban J connectivity index is 2.72. The van der Waals surface area contributed by atoms with Gasteiger partial charge in [-0.2, -0.15) is 0 Å². The first-order chi connectivity index (χ1) is 5.61. The van der Waals surface area contributed by atoms with Crippen molar-refractivity contribution in [2.24, 2.45) is 0 Å². The molecule has 5 heteroatoms. The molecule has 12 heavy (non-hydrogen) atoms. The number of esters is 1. The molecule has 1 aromatic heterocycles. The summed E-state index contributed by atoms with van der Waals surface area (Å²) in [6.45, 7) is 3.57. The largest absolute Gasteiger partial charge is 0.459 e. The Morgan fingerprint density at radius 2 is 2.42 bits per heavy atom. The van der Waals surface area contributed by atoms with Gasteiger partial charge in [-0.1, -0.05) is 0 Å². The fourth-order valence-corrected chi connectivity index (χ4v) is 1.26. The van der Waals surface area contributed by atoms with Crippen molar-refractivity contribution in [1.82, 2.24) is 4.98 Å². The summed E-state index contributed by atoms with van der Waals surface area (Å²) in [6, 6.07) is 0. The molecule has 1 aromatic rings. The summed E-state index contributed by atoms with van der Waals surface area (Å²) >= 11 is 1.19. The van der Waals surface area contributed by atoms with Gasteiger partial charge in [0.15, 0.2) is 4.88 Å². The number of hydrogen-bond acceptors (Lipinski definition) is 5. The predicted octanol–water partition coefficient (Wildman–Crippen LogP) is 1.29. The maximum Gasteiger partial charge on any atom is 0.352 e. The zero-order chi connectivity index (χ0) is 9.14. The van der Waals surface area contributed by atoms with Crippen LogP contribution >= 0.6 is 11.3 Å². The summed E-state index contributed by atoms with van der Waals surface area (Å²) < 4.78 is 4.93. The first-order valence-electron chi connectivity index (χ1n) is 3.51. The van der Waals surface area contributed by atoms with Crippen LogP contribution in [0.2, 0.25) is 0 Å². The molecule has 1 heterocycles. The van der Waals surface area contributed by atoms with E-state index in [0.717, 1.165) is 0 Å². The highest BCUT2D eigenvalue weighted by molar-refractivity contribution is 7.12. The number of carbonyl (C=O) groups excluding carboxylic acids is 1. The number of aromatic nitrogens is 1. The molecule has 0 unspecified atom stereocenters. The van der Waals surface area contributed by atoms with Crippen molar-refractivity contribution < 1.29 is 9.53 Å². The molecule has 0 bridgehead atoms. The number of nitrogen functional groups attached to an aromatic ring is 1. The van der Waals surface area contributed by atoms with E-state index in [2.05, 4.69) is 4.98 Å². The molecule has 0 fully saturated rings. The Morgan fingerprint density at radius 1 is 1.75 bits per heavy atom. The zero-order valence-corrected chi connectivity index (χ0v) is 7.72. The van der Waals surface area contributed by atoms with E-state index >= 15 is 0 Å². The molecule has 0 aliphatic rings. The van der Waals surface area contributed by atoms with E-state index in [-0.39, 0.29) is 11.9 Å². The van der Waals surface area contributed by atoms with E-state index in [4.69, 9.17) is 10.5 Å². The third-order valence-corrected chi connectivity index (χ3v) is 1.95. The quantitative estimate of drug-likeness (QED) is 0.707. The Bertz CT molecular complexity index is 283. The number of hydrogen-bond donors (Lipinski definition) is 1. The zero-order valence-electron chi connectivity index (χ0n) is 6.90. The Kier molecular flexibility index (Phi) is 2.65. The smallest absolute Gasteiger partial charge is 0.352 e. The highest BCUT2D eigenvalue weighted by Crippen LogP contribution is 2.16. The van der Waals surface area contributed by atoms with Gasteiger partial charge in [-0.25, -0.2) is 9.78 Å². The van der Waals surface area contributed by atoms with Gasteiger partial charge in [0.2, 0.25) is 0 Å². The van der Waals surface area contributed by atoms with Crippen LogP contribution in [0, 0.1) is 0 Å². The highest BCUT2D eigenvalue weighted by atomic mass is 32.1. The van der Waals surface area contributed by atoms with Crippen molar-refractivity contribution in [3.8, 4) is 0 Å². The van der Waals surface area contributed by atoms with E-state index in [0.29, 0.717) is 4.88 Å². The Labute approximate surface area is 74.4 Å². The van der Waals surface area contributed by atoms with Gasteiger partial charge in [0, 0.05) is 0 Å². The number of nitrogens with zero attached hydrogens (tertiary/aromatic N) is 1. The molecule has 0 amide bonds. The van der Waals surface area contributed by atoms with Gasteiger partial charge in [0.25, 0.3) is 0 Å². The summed E-state index contributed by atoms with van der Waals surface area (Å²) in [5.74, 6) is -0.157. The van der Waals surface area contributed by atoms with Crippen molar-refractivity contribution in [2.45, 2.75) is 20.0 Å². The highest BCUT2D eigenvalue weighted by Gasteiger charge is 2.14. The first kappa shape index (κ1) is 8.99. The second kappa shape index (κ2) is 3.53. The SMILES string of the molecule is CC(C)OC(=O)c1scnc1N. The van der Waals surface area contributed by atoms with Gasteiger partial charge in [0.1, 0.15) is 5.82 Å². The maximum atomic E-state index is 11.2. The van der Waals surface area contributed by atoms with Crippen LogP contribution in [0.15, 0.2) is 5.51 Å². The molecular formula is C7H10N2O2S. The lowest BCUT2D eigenvalue weighted by molar-refractivity contribution is 0.0385. The Hall–Kier alpha value is -1.10. The molecule has 0 aliphatic heterocycles. The Morgan fingerprint density at radius 3 is 2.83 bits per heavy atom. The van der Waals surface area contributed by atoms with Crippen LogP contribution in [0.4, 0.5) is 5.82 Å². The standard InChI is InChI=1S/C7H10N2O2S/c1-4(2)11-7(10)5-6(8)9-3-12-5/h3-4H,8H2,1-2H3. The minimum absolute atomic E-state index is 0.126. The molecule has 66 valence electrons. The number of anilines is 1. The summed E-state index contributed by atoms with van der Waals surface area (Å²) in [6.07, 6.45) is -0.126. The topological polar surface area (TPSA) is 65.2 Å². The molecule has 0 aliphatic carbocycles. The number of ether oxygens (including phenoxy) is 1. The van der Waals surface area contributed by atoms with Crippen LogP contribution in [0.5, 0.6) is 0 Å². The molecular weight excluding hydrogens is 176 g/mol. The van der Waals surface area contributed by atoms with E-state index in [1.54, 1.807) is 13.8 Å². The van der Waals surface area contributed by atoms with Gasteiger partial charge in [-0.3, -0.25) is 0 Å². The van der Waals surface area contributed by atoms with Crippen molar-refractivity contribution in [3.05, 3.63) is 10.4 Å². The van der Waals surface area contributed by atoms with Crippen LogP contribution in [0.25, 0.3) is 0 Å². The first-order valence-corrected chi connectivity index (χ1v) is 4.39. The number of nitrogens with two attached hydrogens (primary N) is 1. The van der Waals surface area contributed by atoms with Gasteiger partial charge in [0.05, 0.1) is 11.6 Å². The van der Waals surface area contributed by atoms with Gasteiger partial charge < -0.3 is 10.5 Å². The van der Waals surface area contributed by atoms with Gasteiger partial charge in [-0.15, -0.1) is 11.3 Å². The van der Waals surface area contributed by atoms with E-state index in [1.165, 1.54) is 16.8 Å². The van der Waals surface area contributed by atoms with Gasteiger partial charge >= 0.3 is 5.97 Å². The van der Waals surface area contributed by atoms with Crippen LogP contribution in [0.1, 0.15) is 23.5 Å². The summed E-state index contributed by atoms with van der Waals surface area (Å²) in [5, 5.41) is 0. The molecule has 0 saturated heterocycles. The number of carbonyl (C=O) groups is 1. The van der Waals surface area contributed by atoms with E-state index < -0.39 is 5.97 Å². The summed E-state index contributed by atoms with van der Waals surface area (Å²) in [7, 11) is 0. The second-order valence-electron chi connectivity index (χ2n) is 2.52. The third kappa shape index (κ3) is 1.94. The third-order valence-electron chi connectivity index (χ3n) is 1.12. The number of thiazole rings is 1. The van der Waals surface area contributed by atoms with Gasteiger partial charge in [-0.05, 0) is 13.8 Å². The lowest BCUT2D eigenvalue weighted by Crippen LogP contribution is -2.11. The molecule has 1 rings (SSSR count). The average Bonchev–Trinajstić information content (AvgIpc) is 2.33. The molecule has 0 spiro atoms. The van der Waals surface area contributed by atoms with Crippen LogP contribution in [-0.4, -0.2) is 17.1 Å².